The summed E-state index contributed by atoms with van der Waals surface area (Å²) in [6.07, 6.45) is 1.84. The van der Waals surface area contributed by atoms with Gasteiger partial charge in [0.1, 0.15) is 5.03 Å². The largest absolute Gasteiger partial charge is 0.466 e. The van der Waals surface area contributed by atoms with E-state index in [9.17, 15) is 9.00 Å². The number of carbonyl (C=O) groups excluding carboxylic acids is 1. The van der Waals surface area contributed by atoms with Crippen molar-refractivity contribution in [2.75, 3.05) is 12.9 Å². The van der Waals surface area contributed by atoms with E-state index in [0.29, 0.717) is 11.6 Å². The summed E-state index contributed by atoms with van der Waals surface area (Å²) in [5.74, 6) is -0.257. The van der Waals surface area contributed by atoms with Gasteiger partial charge in [-0.25, -0.2) is 0 Å². The van der Waals surface area contributed by atoms with E-state index in [2.05, 4.69) is 0 Å². The summed E-state index contributed by atoms with van der Waals surface area (Å²) in [4.78, 5) is 11.2. The molecule has 0 aromatic carbocycles. The Morgan fingerprint density at radius 2 is 2.20 bits per heavy atom. The van der Waals surface area contributed by atoms with E-state index in [0.717, 1.165) is 5.69 Å². The normalized spacial score (nSPS) is 12.5. The summed E-state index contributed by atoms with van der Waals surface area (Å²) in [6, 6.07) is 3.57. The molecule has 0 spiro atoms. The molecule has 1 heterocycles. The molecule has 0 saturated carbocycles. The molecule has 0 radical (unpaired) electrons. The number of esters is 1. The van der Waals surface area contributed by atoms with Gasteiger partial charge in [0.05, 0.1) is 23.8 Å². The molecule has 15 heavy (non-hydrogen) atoms. The van der Waals surface area contributed by atoms with Crippen LogP contribution in [0.2, 0.25) is 0 Å². The van der Waals surface area contributed by atoms with E-state index in [-0.39, 0.29) is 12.4 Å². The quantitative estimate of drug-likeness (QED) is 0.720. The highest BCUT2D eigenvalue weighted by atomic mass is 32.2. The van der Waals surface area contributed by atoms with Crippen LogP contribution in [0.4, 0.5) is 0 Å². The van der Waals surface area contributed by atoms with Gasteiger partial charge in [0.15, 0.2) is 0 Å². The fourth-order valence-corrected chi connectivity index (χ4v) is 2.12. The molecule has 4 nitrogen and oxygen atoms in total. The van der Waals surface area contributed by atoms with E-state index in [1.165, 1.54) is 0 Å². The first-order chi connectivity index (χ1) is 7.06. The lowest BCUT2D eigenvalue weighted by molar-refractivity contribution is -0.142. The van der Waals surface area contributed by atoms with Crippen molar-refractivity contribution >= 4 is 16.8 Å². The molecule has 0 amide bonds. The lowest BCUT2D eigenvalue weighted by Gasteiger charge is -2.05. The van der Waals surface area contributed by atoms with Crippen LogP contribution in [0.3, 0.4) is 0 Å². The topological polar surface area (TPSA) is 48.3 Å². The second-order valence-corrected chi connectivity index (χ2v) is 4.48. The average molecular weight is 229 g/mol. The van der Waals surface area contributed by atoms with Gasteiger partial charge in [-0.1, -0.05) is 0 Å². The Morgan fingerprint density at radius 3 is 2.67 bits per heavy atom. The molecule has 1 rings (SSSR count). The molecule has 0 aliphatic heterocycles. The highest BCUT2D eigenvalue weighted by Gasteiger charge is 2.11. The van der Waals surface area contributed by atoms with Crippen molar-refractivity contribution in [1.82, 2.24) is 4.57 Å². The molecule has 1 aromatic heterocycles. The molecule has 1 atom stereocenters. The fraction of sp³-hybridized carbons (Fsp3) is 0.500. The minimum Gasteiger partial charge on any atom is -0.466 e. The van der Waals surface area contributed by atoms with Gasteiger partial charge in [0.25, 0.3) is 0 Å². The van der Waals surface area contributed by atoms with Crippen molar-refractivity contribution in [2.24, 2.45) is 7.05 Å². The first-order valence-corrected chi connectivity index (χ1v) is 6.25. The van der Waals surface area contributed by atoms with Crippen LogP contribution in [0, 0.1) is 0 Å². The Hall–Kier alpha value is -1.10. The zero-order chi connectivity index (χ0) is 11.4. The Kier molecular flexibility index (Phi) is 4.08. The van der Waals surface area contributed by atoms with Gasteiger partial charge in [-0.2, -0.15) is 0 Å². The second-order valence-electron chi connectivity index (χ2n) is 3.16. The molecule has 84 valence electrons. The van der Waals surface area contributed by atoms with Gasteiger partial charge >= 0.3 is 5.97 Å². The maximum Gasteiger partial charge on any atom is 0.311 e. The van der Waals surface area contributed by atoms with Gasteiger partial charge in [0, 0.05) is 19.0 Å². The van der Waals surface area contributed by atoms with E-state index in [4.69, 9.17) is 4.74 Å². The van der Waals surface area contributed by atoms with Crippen LogP contribution in [0.5, 0.6) is 0 Å². The van der Waals surface area contributed by atoms with Crippen LogP contribution < -0.4 is 0 Å². The summed E-state index contributed by atoms with van der Waals surface area (Å²) in [6.45, 7) is 2.16. The van der Waals surface area contributed by atoms with Gasteiger partial charge < -0.3 is 9.30 Å². The monoisotopic (exact) mass is 229 g/mol. The molecule has 0 fully saturated rings. The maximum atomic E-state index is 11.3. The number of nitrogens with zero attached hydrogens (tertiary/aromatic N) is 1. The van der Waals surface area contributed by atoms with E-state index in [1.54, 1.807) is 36.9 Å². The Labute approximate surface area is 91.7 Å². The van der Waals surface area contributed by atoms with Crippen molar-refractivity contribution in [2.45, 2.75) is 18.4 Å². The minimum absolute atomic E-state index is 0.224. The summed E-state index contributed by atoms with van der Waals surface area (Å²) in [5, 5.41) is 0.717. The lowest BCUT2D eigenvalue weighted by Crippen LogP contribution is -2.11. The molecular weight excluding hydrogens is 214 g/mol. The molecule has 5 heteroatoms. The van der Waals surface area contributed by atoms with E-state index >= 15 is 0 Å². The zero-order valence-electron chi connectivity index (χ0n) is 9.15. The zero-order valence-corrected chi connectivity index (χ0v) is 9.97. The van der Waals surface area contributed by atoms with E-state index < -0.39 is 10.8 Å². The molecule has 1 unspecified atom stereocenters. The van der Waals surface area contributed by atoms with Crippen LogP contribution in [-0.2, 0) is 33.8 Å². The number of rotatable bonds is 4. The van der Waals surface area contributed by atoms with Crippen LogP contribution in [0.1, 0.15) is 12.6 Å². The van der Waals surface area contributed by atoms with Gasteiger partial charge in [-0.05, 0) is 19.1 Å². The van der Waals surface area contributed by atoms with Gasteiger partial charge in [0.2, 0.25) is 0 Å². The molecule has 1 aromatic rings. The van der Waals surface area contributed by atoms with Crippen LogP contribution in [-0.4, -0.2) is 27.6 Å². The number of hydrogen-bond acceptors (Lipinski definition) is 3. The lowest BCUT2D eigenvalue weighted by atomic mass is 10.3. The Balaban J connectivity index is 2.79. The Bertz CT molecular complexity index is 384. The Morgan fingerprint density at radius 1 is 1.53 bits per heavy atom. The van der Waals surface area contributed by atoms with Crippen molar-refractivity contribution in [3.63, 3.8) is 0 Å². The average Bonchev–Trinajstić information content (AvgIpc) is 2.48. The van der Waals surface area contributed by atoms with Crippen LogP contribution in [0.15, 0.2) is 17.2 Å². The SMILES string of the molecule is CCOC(=O)Cc1ccc(S(C)=O)n1C. The van der Waals surface area contributed by atoms with Crippen molar-refractivity contribution in [1.29, 1.82) is 0 Å². The predicted molar refractivity (Wildman–Crippen MR) is 58.1 cm³/mol. The summed E-state index contributed by atoms with van der Waals surface area (Å²) >= 11 is 0. The van der Waals surface area contributed by atoms with Crippen LogP contribution >= 0.6 is 0 Å². The standard InChI is InChI=1S/C10H15NO3S/c1-4-14-10(12)7-8-5-6-9(11(8)2)15(3)13/h5-6H,4,7H2,1-3H3. The highest BCUT2D eigenvalue weighted by molar-refractivity contribution is 7.84. The molecular formula is C10H15NO3S. The van der Waals surface area contributed by atoms with Crippen molar-refractivity contribution in [3.8, 4) is 0 Å². The molecule has 0 bridgehead atoms. The van der Waals surface area contributed by atoms with Crippen molar-refractivity contribution < 1.29 is 13.7 Å². The first-order valence-electron chi connectivity index (χ1n) is 4.70. The van der Waals surface area contributed by atoms with Gasteiger partial charge in [-0.3, -0.25) is 9.00 Å². The summed E-state index contributed by atoms with van der Waals surface area (Å²) in [5.41, 5.74) is 0.818. The molecule has 0 saturated heterocycles. The first kappa shape index (κ1) is 12.0. The van der Waals surface area contributed by atoms with E-state index in [1.807, 2.05) is 0 Å². The summed E-state index contributed by atoms with van der Waals surface area (Å²) in [7, 11) is 0.770. The number of carbonyl (C=O) groups is 1. The number of ether oxygens (including phenoxy) is 1. The smallest absolute Gasteiger partial charge is 0.311 e. The minimum atomic E-state index is -1.03. The van der Waals surface area contributed by atoms with Crippen LogP contribution in [0.25, 0.3) is 0 Å². The predicted octanol–water partition coefficient (Wildman–Crippen LogP) is 0.868. The maximum absolute atomic E-state index is 11.3. The van der Waals surface area contributed by atoms with Crippen molar-refractivity contribution in [3.05, 3.63) is 17.8 Å². The molecule has 0 aliphatic carbocycles. The third-order valence-electron chi connectivity index (χ3n) is 2.10. The molecule has 0 aliphatic rings. The number of aromatic nitrogens is 1. The third-order valence-corrected chi connectivity index (χ3v) is 3.10. The van der Waals surface area contributed by atoms with Gasteiger partial charge in [-0.15, -0.1) is 0 Å². The summed E-state index contributed by atoms with van der Waals surface area (Å²) < 4.78 is 17.9. The third kappa shape index (κ3) is 2.92. The fourth-order valence-electron chi connectivity index (χ4n) is 1.36. The second kappa shape index (κ2) is 5.11. The number of hydrogen-bond donors (Lipinski definition) is 0. The molecule has 0 N–H and O–H groups in total. The highest BCUT2D eigenvalue weighted by Crippen LogP contribution is 2.11.